The van der Waals surface area contributed by atoms with E-state index in [1.807, 2.05) is 36.5 Å². The lowest BCUT2D eigenvalue weighted by atomic mass is 10.1. The van der Waals surface area contributed by atoms with Crippen molar-refractivity contribution in [2.24, 2.45) is 0 Å². The van der Waals surface area contributed by atoms with Gasteiger partial charge in [0, 0.05) is 33.5 Å². The Balaban J connectivity index is 1.84. The SMILES string of the molecule is Nc1ccc2c(CC(=O)O)cn(Cc3csc4ccc(Cl)cc34)c2c1. The maximum absolute atomic E-state index is 11.2. The minimum atomic E-state index is -0.844. The summed E-state index contributed by atoms with van der Waals surface area (Å²) in [6.07, 6.45) is 1.90. The van der Waals surface area contributed by atoms with Crippen molar-refractivity contribution >= 4 is 55.6 Å². The number of thiophene rings is 1. The summed E-state index contributed by atoms with van der Waals surface area (Å²) in [7, 11) is 0. The lowest BCUT2D eigenvalue weighted by Crippen LogP contribution is -2.00. The molecule has 0 fully saturated rings. The van der Waals surface area contributed by atoms with Gasteiger partial charge in [0.15, 0.2) is 0 Å². The van der Waals surface area contributed by atoms with Gasteiger partial charge in [0.25, 0.3) is 0 Å². The van der Waals surface area contributed by atoms with Gasteiger partial charge in [0.05, 0.1) is 11.9 Å². The van der Waals surface area contributed by atoms with Gasteiger partial charge >= 0.3 is 5.97 Å². The highest BCUT2D eigenvalue weighted by atomic mass is 35.5. The van der Waals surface area contributed by atoms with Crippen LogP contribution in [0.2, 0.25) is 5.02 Å². The Bertz CT molecular complexity index is 1110. The average molecular weight is 371 g/mol. The molecule has 0 spiro atoms. The third kappa shape index (κ3) is 2.97. The van der Waals surface area contributed by atoms with E-state index >= 15 is 0 Å². The Labute approximate surface area is 153 Å². The highest BCUT2D eigenvalue weighted by molar-refractivity contribution is 7.17. The van der Waals surface area contributed by atoms with Crippen LogP contribution in [0.4, 0.5) is 5.69 Å². The standard InChI is InChI=1S/C19H15ClN2O2S/c20-13-1-4-18-16(6-13)12(10-25-18)9-22-8-11(5-19(23)24)15-3-2-14(21)7-17(15)22/h1-4,6-8,10H,5,9,21H2,(H,23,24). The molecule has 0 aliphatic heterocycles. The lowest BCUT2D eigenvalue weighted by molar-refractivity contribution is -0.136. The summed E-state index contributed by atoms with van der Waals surface area (Å²) < 4.78 is 3.24. The number of aliphatic carboxylic acids is 1. The molecule has 0 amide bonds. The molecule has 4 nitrogen and oxygen atoms in total. The summed E-state index contributed by atoms with van der Waals surface area (Å²) in [4.78, 5) is 11.2. The number of carboxylic acids is 1. The van der Waals surface area contributed by atoms with Crippen molar-refractivity contribution in [2.75, 3.05) is 5.73 Å². The van der Waals surface area contributed by atoms with E-state index in [9.17, 15) is 9.90 Å². The van der Waals surface area contributed by atoms with Crippen LogP contribution < -0.4 is 5.73 Å². The fourth-order valence-corrected chi connectivity index (χ4v) is 4.29. The van der Waals surface area contributed by atoms with Gasteiger partial charge in [-0.2, -0.15) is 0 Å². The van der Waals surface area contributed by atoms with Gasteiger partial charge in [-0.1, -0.05) is 17.7 Å². The zero-order chi connectivity index (χ0) is 17.6. The minimum absolute atomic E-state index is 0.0103. The van der Waals surface area contributed by atoms with E-state index in [2.05, 4.69) is 9.95 Å². The maximum atomic E-state index is 11.2. The Kier molecular flexibility index (Phi) is 3.90. The molecule has 0 saturated heterocycles. The second-order valence-electron chi connectivity index (χ2n) is 6.03. The van der Waals surface area contributed by atoms with Crippen molar-refractivity contribution in [2.45, 2.75) is 13.0 Å². The number of nitrogens with two attached hydrogens (primary N) is 1. The molecule has 2 heterocycles. The summed E-state index contributed by atoms with van der Waals surface area (Å²) in [6, 6.07) is 11.5. The van der Waals surface area contributed by atoms with Crippen LogP contribution in [0.5, 0.6) is 0 Å². The van der Waals surface area contributed by atoms with Crippen LogP contribution in [0.3, 0.4) is 0 Å². The molecule has 0 atom stereocenters. The summed E-state index contributed by atoms with van der Waals surface area (Å²) in [6.45, 7) is 0.639. The molecule has 0 aliphatic carbocycles. The first-order valence-corrected chi connectivity index (χ1v) is 9.01. The number of nitrogens with zero attached hydrogens (tertiary/aromatic N) is 1. The normalized spacial score (nSPS) is 11.4. The zero-order valence-electron chi connectivity index (χ0n) is 13.2. The molecule has 2 aromatic carbocycles. The molecule has 0 bridgehead atoms. The predicted molar refractivity (Wildman–Crippen MR) is 104 cm³/mol. The number of fused-ring (bicyclic) bond motifs is 2. The number of anilines is 1. The predicted octanol–water partition coefficient (Wildman–Crippen LogP) is 4.77. The Morgan fingerprint density at radius 3 is 2.80 bits per heavy atom. The van der Waals surface area contributed by atoms with Gasteiger partial charge in [0.1, 0.15) is 0 Å². The van der Waals surface area contributed by atoms with Gasteiger partial charge in [0.2, 0.25) is 0 Å². The molecule has 0 saturated carbocycles. The molecule has 0 unspecified atom stereocenters. The second-order valence-corrected chi connectivity index (χ2v) is 7.38. The first kappa shape index (κ1) is 16.0. The van der Waals surface area contributed by atoms with E-state index in [1.165, 1.54) is 4.70 Å². The van der Waals surface area contributed by atoms with E-state index in [-0.39, 0.29) is 6.42 Å². The van der Waals surface area contributed by atoms with Gasteiger partial charge in [-0.05, 0) is 52.2 Å². The van der Waals surface area contributed by atoms with Crippen molar-refractivity contribution in [3.05, 3.63) is 64.1 Å². The molecule has 6 heteroatoms. The number of carbonyl (C=O) groups is 1. The van der Waals surface area contributed by atoms with Crippen LogP contribution in [0.1, 0.15) is 11.1 Å². The van der Waals surface area contributed by atoms with Crippen LogP contribution >= 0.6 is 22.9 Å². The van der Waals surface area contributed by atoms with Crippen LogP contribution in [0, 0.1) is 0 Å². The second kappa shape index (κ2) is 6.10. The Morgan fingerprint density at radius 1 is 1.16 bits per heavy atom. The largest absolute Gasteiger partial charge is 0.481 e. The molecule has 4 rings (SSSR count). The number of carboxylic acid groups (broad SMARTS) is 1. The van der Waals surface area contributed by atoms with Crippen molar-refractivity contribution in [3.8, 4) is 0 Å². The smallest absolute Gasteiger partial charge is 0.307 e. The number of hydrogen-bond donors (Lipinski definition) is 2. The molecular weight excluding hydrogens is 356 g/mol. The summed E-state index contributed by atoms with van der Waals surface area (Å²) in [5.41, 5.74) is 9.49. The lowest BCUT2D eigenvalue weighted by Gasteiger charge is -2.06. The Hall–Kier alpha value is -2.50. The number of halogens is 1. The molecule has 2 aromatic heterocycles. The monoisotopic (exact) mass is 370 g/mol. The molecule has 0 radical (unpaired) electrons. The van der Waals surface area contributed by atoms with Crippen LogP contribution in [0.15, 0.2) is 48.0 Å². The fraction of sp³-hybridized carbons (Fsp3) is 0.105. The van der Waals surface area contributed by atoms with Crippen LogP contribution in [0.25, 0.3) is 21.0 Å². The van der Waals surface area contributed by atoms with Crippen molar-refractivity contribution < 1.29 is 9.90 Å². The average Bonchev–Trinajstić information content (AvgIpc) is 3.09. The molecular formula is C19H15ClN2O2S. The maximum Gasteiger partial charge on any atom is 0.307 e. The quantitative estimate of drug-likeness (QED) is 0.508. The van der Waals surface area contributed by atoms with Crippen LogP contribution in [-0.4, -0.2) is 15.6 Å². The van der Waals surface area contributed by atoms with Crippen LogP contribution in [-0.2, 0) is 17.8 Å². The van der Waals surface area contributed by atoms with Gasteiger partial charge in [-0.15, -0.1) is 11.3 Å². The highest BCUT2D eigenvalue weighted by Gasteiger charge is 2.13. The first-order valence-electron chi connectivity index (χ1n) is 7.76. The number of benzene rings is 2. The van der Waals surface area contributed by atoms with Gasteiger partial charge < -0.3 is 15.4 Å². The zero-order valence-corrected chi connectivity index (χ0v) is 14.8. The number of aromatic nitrogens is 1. The van der Waals surface area contributed by atoms with E-state index in [1.54, 1.807) is 17.4 Å². The molecule has 25 heavy (non-hydrogen) atoms. The van der Waals surface area contributed by atoms with Gasteiger partial charge in [-0.3, -0.25) is 4.79 Å². The van der Waals surface area contributed by atoms with Crippen molar-refractivity contribution in [3.63, 3.8) is 0 Å². The van der Waals surface area contributed by atoms with Crippen molar-refractivity contribution in [1.29, 1.82) is 0 Å². The molecule has 3 N–H and O–H groups in total. The summed E-state index contributed by atoms with van der Waals surface area (Å²) in [5.74, 6) is -0.844. The molecule has 4 aromatic rings. The third-order valence-electron chi connectivity index (χ3n) is 4.29. The fourth-order valence-electron chi connectivity index (χ4n) is 3.18. The number of hydrogen-bond acceptors (Lipinski definition) is 3. The summed E-state index contributed by atoms with van der Waals surface area (Å²) in [5, 5.41) is 14.1. The van der Waals surface area contributed by atoms with E-state index in [0.717, 1.165) is 27.4 Å². The number of nitrogen functional groups attached to an aromatic ring is 1. The third-order valence-corrected chi connectivity index (χ3v) is 5.53. The molecule has 126 valence electrons. The van der Waals surface area contributed by atoms with E-state index in [0.29, 0.717) is 17.3 Å². The highest BCUT2D eigenvalue weighted by Crippen LogP contribution is 2.31. The first-order chi connectivity index (χ1) is 12.0. The van der Waals surface area contributed by atoms with E-state index in [4.69, 9.17) is 17.3 Å². The topological polar surface area (TPSA) is 68.2 Å². The van der Waals surface area contributed by atoms with E-state index < -0.39 is 5.97 Å². The molecule has 0 aliphatic rings. The minimum Gasteiger partial charge on any atom is -0.481 e. The number of rotatable bonds is 4. The van der Waals surface area contributed by atoms with Gasteiger partial charge in [-0.25, -0.2) is 0 Å². The van der Waals surface area contributed by atoms with Crippen molar-refractivity contribution in [1.82, 2.24) is 4.57 Å². The summed E-state index contributed by atoms with van der Waals surface area (Å²) >= 11 is 7.82. The Morgan fingerprint density at radius 2 is 2.00 bits per heavy atom.